The average Bonchev–Trinajstić information content (AvgIpc) is 2.57. The van der Waals surface area contributed by atoms with Gasteiger partial charge >= 0.3 is 0 Å². The fourth-order valence-electron chi connectivity index (χ4n) is 2.57. The van der Waals surface area contributed by atoms with Crippen molar-refractivity contribution in [3.63, 3.8) is 0 Å². The highest BCUT2D eigenvalue weighted by Crippen LogP contribution is 2.24. The summed E-state index contributed by atoms with van der Waals surface area (Å²) in [6.45, 7) is 0.912. The molecule has 1 heterocycles. The van der Waals surface area contributed by atoms with Crippen LogP contribution in [-0.4, -0.2) is 18.5 Å². The third-order valence-electron chi connectivity index (χ3n) is 3.71. The van der Waals surface area contributed by atoms with Crippen LogP contribution in [0.1, 0.15) is 19.3 Å². The Bertz CT molecular complexity index is 622. The standard InChI is InChI=1S/C18H20N2O2/c21-18(17-11-4-5-12-19-17)20-14-7-6-10-16(13-14)22-15-8-2-1-3-9-15/h1-3,6-10,13,17,19H,4-5,11-12H2,(H,20,21)/t17-/m0/s1. The van der Waals surface area contributed by atoms with Crippen molar-refractivity contribution in [2.24, 2.45) is 0 Å². The Morgan fingerprint density at radius 1 is 1.05 bits per heavy atom. The summed E-state index contributed by atoms with van der Waals surface area (Å²) in [6.07, 6.45) is 3.14. The van der Waals surface area contributed by atoms with E-state index in [1.54, 1.807) is 0 Å². The van der Waals surface area contributed by atoms with Crippen LogP contribution in [0.5, 0.6) is 11.5 Å². The first-order valence-electron chi connectivity index (χ1n) is 7.68. The lowest BCUT2D eigenvalue weighted by molar-refractivity contribution is -0.118. The molecule has 2 aromatic carbocycles. The van der Waals surface area contributed by atoms with Crippen LogP contribution >= 0.6 is 0 Å². The van der Waals surface area contributed by atoms with E-state index in [4.69, 9.17) is 4.74 Å². The molecule has 1 amide bonds. The molecule has 0 unspecified atom stereocenters. The molecule has 3 rings (SSSR count). The molecule has 1 aliphatic heterocycles. The summed E-state index contributed by atoms with van der Waals surface area (Å²) in [7, 11) is 0. The minimum Gasteiger partial charge on any atom is -0.457 e. The molecule has 2 aromatic rings. The van der Waals surface area contributed by atoms with E-state index >= 15 is 0 Å². The van der Waals surface area contributed by atoms with Crippen LogP contribution in [-0.2, 0) is 4.79 Å². The number of nitrogens with one attached hydrogen (secondary N) is 2. The number of rotatable bonds is 4. The molecule has 0 bridgehead atoms. The molecule has 4 heteroatoms. The van der Waals surface area contributed by atoms with Crippen LogP contribution in [0.2, 0.25) is 0 Å². The molecule has 0 aromatic heterocycles. The van der Waals surface area contributed by atoms with Crippen molar-refractivity contribution in [2.45, 2.75) is 25.3 Å². The number of piperidine rings is 1. The molecule has 0 aliphatic carbocycles. The van der Waals surface area contributed by atoms with Gasteiger partial charge in [-0.2, -0.15) is 0 Å². The van der Waals surface area contributed by atoms with Crippen LogP contribution < -0.4 is 15.4 Å². The summed E-state index contributed by atoms with van der Waals surface area (Å²) in [5.74, 6) is 1.51. The Hall–Kier alpha value is -2.33. The molecule has 4 nitrogen and oxygen atoms in total. The Balaban J connectivity index is 1.64. The quantitative estimate of drug-likeness (QED) is 0.907. The van der Waals surface area contributed by atoms with E-state index in [-0.39, 0.29) is 11.9 Å². The van der Waals surface area contributed by atoms with Gasteiger partial charge in [-0.3, -0.25) is 4.79 Å². The fraction of sp³-hybridized carbons (Fsp3) is 0.278. The molecule has 1 aliphatic rings. The molecule has 2 N–H and O–H groups in total. The molecule has 0 radical (unpaired) electrons. The molecule has 22 heavy (non-hydrogen) atoms. The van der Waals surface area contributed by atoms with Gasteiger partial charge in [0.05, 0.1) is 6.04 Å². The third kappa shape index (κ3) is 3.86. The third-order valence-corrected chi connectivity index (χ3v) is 3.71. The second-order valence-electron chi connectivity index (χ2n) is 5.43. The van der Waals surface area contributed by atoms with Crippen LogP contribution in [0.25, 0.3) is 0 Å². The Labute approximate surface area is 130 Å². The lowest BCUT2D eigenvalue weighted by Gasteiger charge is -2.22. The monoisotopic (exact) mass is 296 g/mol. The van der Waals surface area contributed by atoms with Gasteiger partial charge in [-0.05, 0) is 43.7 Å². The van der Waals surface area contributed by atoms with Gasteiger partial charge in [0.25, 0.3) is 0 Å². The topological polar surface area (TPSA) is 50.4 Å². The van der Waals surface area contributed by atoms with Crippen LogP contribution in [0.15, 0.2) is 54.6 Å². The van der Waals surface area contributed by atoms with Gasteiger partial charge in [0.1, 0.15) is 11.5 Å². The van der Waals surface area contributed by atoms with Gasteiger partial charge in [-0.15, -0.1) is 0 Å². The van der Waals surface area contributed by atoms with E-state index in [1.807, 2.05) is 54.6 Å². The predicted molar refractivity (Wildman–Crippen MR) is 87.2 cm³/mol. The van der Waals surface area contributed by atoms with Gasteiger partial charge in [-0.25, -0.2) is 0 Å². The lowest BCUT2D eigenvalue weighted by Crippen LogP contribution is -2.43. The van der Waals surface area contributed by atoms with Crippen LogP contribution in [0, 0.1) is 0 Å². The maximum atomic E-state index is 12.2. The number of anilines is 1. The summed E-state index contributed by atoms with van der Waals surface area (Å²) < 4.78 is 5.78. The Kier molecular flexibility index (Phi) is 4.71. The molecular formula is C18H20N2O2. The highest BCUT2D eigenvalue weighted by Gasteiger charge is 2.20. The summed E-state index contributed by atoms with van der Waals surface area (Å²) in [6, 6.07) is 17.0. The van der Waals surface area contributed by atoms with E-state index in [1.165, 1.54) is 0 Å². The summed E-state index contributed by atoms with van der Waals surface area (Å²) in [5.41, 5.74) is 0.755. The second kappa shape index (κ2) is 7.09. The van der Waals surface area contributed by atoms with E-state index in [9.17, 15) is 4.79 Å². The van der Waals surface area contributed by atoms with E-state index in [2.05, 4.69) is 10.6 Å². The maximum Gasteiger partial charge on any atom is 0.241 e. The SMILES string of the molecule is O=C(Nc1cccc(Oc2ccccc2)c1)[C@@H]1CCCCN1. The fourth-order valence-corrected chi connectivity index (χ4v) is 2.57. The average molecular weight is 296 g/mol. The van der Waals surface area contributed by atoms with Crippen molar-refractivity contribution in [3.05, 3.63) is 54.6 Å². The number of carbonyl (C=O) groups is 1. The molecule has 114 valence electrons. The number of ether oxygens (including phenoxy) is 1. The minimum absolute atomic E-state index is 0.0246. The van der Waals surface area contributed by atoms with Gasteiger partial charge in [-0.1, -0.05) is 30.7 Å². The number of benzene rings is 2. The number of para-hydroxylation sites is 1. The minimum atomic E-state index is -0.0903. The molecule has 1 saturated heterocycles. The second-order valence-corrected chi connectivity index (χ2v) is 5.43. The van der Waals surface area contributed by atoms with Gasteiger partial charge in [0.2, 0.25) is 5.91 Å². The zero-order valence-corrected chi connectivity index (χ0v) is 12.4. The smallest absolute Gasteiger partial charge is 0.241 e. The van der Waals surface area contributed by atoms with Crippen LogP contribution in [0.4, 0.5) is 5.69 Å². The molecule has 0 saturated carbocycles. The van der Waals surface area contributed by atoms with Crippen molar-refractivity contribution < 1.29 is 9.53 Å². The Morgan fingerprint density at radius 2 is 1.86 bits per heavy atom. The van der Waals surface area contributed by atoms with Crippen molar-refractivity contribution in [2.75, 3.05) is 11.9 Å². The maximum absolute atomic E-state index is 12.2. The van der Waals surface area contributed by atoms with E-state index in [0.717, 1.165) is 37.2 Å². The number of amides is 1. The van der Waals surface area contributed by atoms with Crippen molar-refractivity contribution in [3.8, 4) is 11.5 Å². The summed E-state index contributed by atoms with van der Waals surface area (Å²) >= 11 is 0. The molecular weight excluding hydrogens is 276 g/mol. The number of hydrogen-bond donors (Lipinski definition) is 2. The normalized spacial score (nSPS) is 17.7. The zero-order valence-electron chi connectivity index (χ0n) is 12.4. The van der Waals surface area contributed by atoms with Gasteiger partial charge in [0, 0.05) is 11.8 Å². The number of carbonyl (C=O) groups excluding carboxylic acids is 1. The lowest BCUT2D eigenvalue weighted by atomic mass is 10.0. The van der Waals surface area contributed by atoms with Crippen molar-refractivity contribution in [1.82, 2.24) is 5.32 Å². The molecule has 0 spiro atoms. The zero-order chi connectivity index (χ0) is 15.2. The van der Waals surface area contributed by atoms with Crippen molar-refractivity contribution >= 4 is 11.6 Å². The van der Waals surface area contributed by atoms with Crippen LogP contribution in [0.3, 0.4) is 0 Å². The summed E-state index contributed by atoms with van der Waals surface area (Å²) in [5, 5.41) is 6.21. The first kappa shape index (κ1) is 14.6. The Morgan fingerprint density at radius 3 is 2.64 bits per heavy atom. The molecule has 1 fully saturated rings. The number of hydrogen-bond acceptors (Lipinski definition) is 3. The van der Waals surface area contributed by atoms with E-state index in [0.29, 0.717) is 5.75 Å². The first-order chi connectivity index (χ1) is 10.8. The summed E-state index contributed by atoms with van der Waals surface area (Å²) in [4.78, 5) is 12.2. The highest BCUT2D eigenvalue weighted by atomic mass is 16.5. The van der Waals surface area contributed by atoms with Gasteiger partial charge in [0.15, 0.2) is 0 Å². The molecule has 1 atom stereocenters. The largest absolute Gasteiger partial charge is 0.457 e. The van der Waals surface area contributed by atoms with E-state index < -0.39 is 0 Å². The predicted octanol–water partition coefficient (Wildman–Crippen LogP) is 3.56. The van der Waals surface area contributed by atoms with Crippen molar-refractivity contribution in [1.29, 1.82) is 0 Å². The van der Waals surface area contributed by atoms with Gasteiger partial charge < -0.3 is 15.4 Å². The first-order valence-corrected chi connectivity index (χ1v) is 7.68. The highest BCUT2D eigenvalue weighted by molar-refractivity contribution is 5.95.